The van der Waals surface area contributed by atoms with E-state index >= 15 is 0 Å². The number of carbonyl (C=O) groups is 1. The predicted octanol–water partition coefficient (Wildman–Crippen LogP) is 3.49. The lowest BCUT2D eigenvalue weighted by atomic mass is 9.47. The Morgan fingerprint density at radius 1 is 1.17 bits per heavy atom. The molecule has 4 rings (SSSR count). The number of aliphatic hydroxyl groups excluding tert-OH is 2. The molecule has 24 heavy (non-hydrogen) atoms. The summed E-state index contributed by atoms with van der Waals surface area (Å²) in [6.07, 6.45) is 8.73. The summed E-state index contributed by atoms with van der Waals surface area (Å²) in [4.78, 5) is 12.2. The van der Waals surface area contributed by atoms with Gasteiger partial charge in [-0.2, -0.15) is 0 Å². The van der Waals surface area contributed by atoms with E-state index in [1.807, 2.05) is 0 Å². The lowest BCUT2D eigenvalue weighted by molar-refractivity contribution is -0.130. The van der Waals surface area contributed by atoms with Gasteiger partial charge in [0.15, 0.2) is 0 Å². The molecular weight excluding hydrogens is 300 g/mol. The minimum Gasteiger partial charge on any atom is -0.393 e. The molecule has 3 saturated carbocycles. The lowest BCUT2D eigenvalue weighted by Gasteiger charge is -2.57. The van der Waals surface area contributed by atoms with Crippen LogP contribution in [0.25, 0.3) is 0 Å². The molecule has 0 amide bonds. The van der Waals surface area contributed by atoms with Crippen molar-refractivity contribution >= 4 is 5.78 Å². The Morgan fingerprint density at radius 2 is 1.92 bits per heavy atom. The van der Waals surface area contributed by atoms with Gasteiger partial charge in [0.05, 0.1) is 12.2 Å². The molecule has 3 nitrogen and oxygen atoms in total. The molecule has 0 aromatic heterocycles. The number of carbonyl (C=O) groups excluding carboxylic acids is 1. The Hall–Kier alpha value is -0.670. The van der Waals surface area contributed by atoms with Gasteiger partial charge in [0.1, 0.15) is 5.78 Å². The van der Waals surface area contributed by atoms with Crippen LogP contribution in [0.1, 0.15) is 65.7 Å². The van der Waals surface area contributed by atoms with Gasteiger partial charge in [-0.05, 0) is 80.5 Å². The van der Waals surface area contributed by atoms with Crippen LogP contribution in [0.3, 0.4) is 0 Å². The van der Waals surface area contributed by atoms with Crippen LogP contribution in [0.5, 0.6) is 0 Å². The summed E-state index contributed by atoms with van der Waals surface area (Å²) in [6.45, 7) is 6.34. The van der Waals surface area contributed by atoms with Crippen molar-refractivity contribution < 1.29 is 15.0 Å². The number of ketones is 1. The predicted molar refractivity (Wildman–Crippen MR) is 93.3 cm³/mol. The first-order valence-corrected chi connectivity index (χ1v) is 9.83. The summed E-state index contributed by atoms with van der Waals surface area (Å²) in [6, 6.07) is 0. The summed E-state index contributed by atoms with van der Waals surface area (Å²) in [5.74, 6) is 1.70. The molecule has 0 aromatic rings. The van der Waals surface area contributed by atoms with Gasteiger partial charge >= 0.3 is 0 Å². The van der Waals surface area contributed by atoms with Crippen LogP contribution in [-0.2, 0) is 4.79 Å². The van der Waals surface area contributed by atoms with Crippen LogP contribution in [0, 0.1) is 34.5 Å². The molecule has 8 atom stereocenters. The molecule has 0 aromatic carbocycles. The number of Topliss-reactive ketones (excluding diaryl/α,β-unsaturated/α-hetero) is 1. The van der Waals surface area contributed by atoms with Gasteiger partial charge < -0.3 is 10.2 Å². The Bertz CT molecular complexity index is 582. The molecule has 0 unspecified atom stereocenters. The van der Waals surface area contributed by atoms with Gasteiger partial charge in [0, 0.05) is 5.92 Å². The minimum absolute atomic E-state index is 0.0255. The van der Waals surface area contributed by atoms with Crippen LogP contribution >= 0.6 is 0 Å². The molecule has 3 heteroatoms. The Morgan fingerprint density at radius 3 is 2.62 bits per heavy atom. The number of allylic oxidation sites excluding steroid dienone is 1. The normalized spacial score (nSPS) is 53.6. The fourth-order valence-corrected chi connectivity index (χ4v) is 7.39. The average molecular weight is 332 g/mol. The van der Waals surface area contributed by atoms with Crippen molar-refractivity contribution in [3.8, 4) is 0 Å². The van der Waals surface area contributed by atoms with E-state index in [4.69, 9.17) is 0 Å². The number of hydrogen-bond donors (Lipinski definition) is 2. The molecule has 0 aliphatic heterocycles. The number of hydrogen-bond acceptors (Lipinski definition) is 3. The highest BCUT2D eigenvalue weighted by atomic mass is 16.3. The zero-order valence-electron chi connectivity index (χ0n) is 15.3. The Balaban J connectivity index is 1.68. The molecule has 4 aliphatic carbocycles. The molecule has 0 radical (unpaired) electrons. The molecule has 4 aliphatic rings. The highest BCUT2D eigenvalue weighted by Crippen LogP contribution is 2.66. The number of fused-ring (bicyclic) bond motifs is 5. The fourth-order valence-electron chi connectivity index (χ4n) is 7.39. The zero-order valence-corrected chi connectivity index (χ0v) is 15.3. The maximum absolute atomic E-state index is 12.2. The maximum Gasteiger partial charge on any atom is 0.136 e. The zero-order chi connectivity index (χ0) is 17.3. The van der Waals surface area contributed by atoms with E-state index in [2.05, 4.69) is 19.9 Å². The van der Waals surface area contributed by atoms with Gasteiger partial charge in [0.2, 0.25) is 0 Å². The summed E-state index contributed by atoms with van der Waals surface area (Å²) < 4.78 is 0. The van der Waals surface area contributed by atoms with Crippen molar-refractivity contribution in [2.45, 2.75) is 77.9 Å². The molecule has 0 bridgehead atoms. The summed E-state index contributed by atoms with van der Waals surface area (Å²) in [7, 11) is 0. The van der Waals surface area contributed by atoms with Gasteiger partial charge in [0.25, 0.3) is 0 Å². The lowest BCUT2D eigenvalue weighted by Crippen LogP contribution is -2.51. The van der Waals surface area contributed by atoms with E-state index < -0.39 is 6.10 Å². The fraction of sp³-hybridized carbons (Fsp3) is 0.857. The molecule has 2 N–H and O–H groups in total. The van der Waals surface area contributed by atoms with Gasteiger partial charge in [-0.25, -0.2) is 0 Å². The second kappa shape index (κ2) is 5.41. The average Bonchev–Trinajstić information content (AvgIpc) is 2.78. The minimum atomic E-state index is -0.456. The van der Waals surface area contributed by atoms with Crippen LogP contribution in [-0.4, -0.2) is 28.2 Å². The van der Waals surface area contributed by atoms with E-state index in [-0.39, 0.29) is 28.6 Å². The molecule has 0 spiro atoms. The number of aliphatic hydroxyl groups is 2. The molecular formula is C21H32O3. The van der Waals surface area contributed by atoms with Crippen LogP contribution < -0.4 is 0 Å². The third-order valence-electron chi connectivity index (χ3n) is 8.54. The Labute approximate surface area is 145 Å². The third-order valence-corrected chi connectivity index (χ3v) is 8.54. The monoisotopic (exact) mass is 332 g/mol. The molecule has 3 fully saturated rings. The molecule has 134 valence electrons. The van der Waals surface area contributed by atoms with Crippen molar-refractivity contribution in [3.63, 3.8) is 0 Å². The second-order valence-corrected chi connectivity index (χ2v) is 9.59. The third kappa shape index (κ3) is 2.13. The van der Waals surface area contributed by atoms with Crippen molar-refractivity contribution in [3.05, 3.63) is 11.6 Å². The van der Waals surface area contributed by atoms with Crippen molar-refractivity contribution in [2.75, 3.05) is 0 Å². The standard InChI is InChI=1S/C21H32O3/c1-12(22)19-18(24)11-17-15-5-4-13-10-14(23)6-8-20(13,2)16(15)7-9-21(17,19)3/h4,14-19,23-24H,5-11H2,1-3H3/t14-,15+,16-,17-,18+,19+,20-,21-/m0/s1. The van der Waals surface area contributed by atoms with E-state index in [0.29, 0.717) is 17.8 Å². The van der Waals surface area contributed by atoms with Crippen LogP contribution in [0.15, 0.2) is 11.6 Å². The number of rotatable bonds is 1. The first-order valence-electron chi connectivity index (χ1n) is 9.83. The first kappa shape index (κ1) is 16.8. The van der Waals surface area contributed by atoms with E-state index in [0.717, 1.165) is 44.9 Å². The SMILES string of the molecule is CC(=O)[C@@H]1[C@H](O)C[C@H]2[C@@H]3CC=C4C[C@@H](O)CC[C@]4(C)[C@H]3CC[C@]12C. The first-order chi connectivity index (χ1) is 11.3. The maximum atomic E-state index is 12.2. The highest BCUT2D eigenvalue weighted by molar-refractivity contribution is 5.80. The van der Waals surface area contributed by atoms with Crippen LogP contribution in [0.2, 0.25) is 0 Å². The topological polar surface area (TPSA) is 57.5 Å². The van der Waals surface area contributed by atoms with Crippen molar-refractivity contribution in [1.29, 1.82) is 0 Å². The highest BCUT2D eigenvalue weighted by Gasteiger charge is 2.61. The van der Waals surface area contributed by atoms with Gasteiger partial charge in [-0.1, -0.05) is 25.5 Å². The van der Waals surface area contributed by atoms with Gasteiger partial charge in [-0.15, -0.1) is 0 Å². The van der Waals surface area contributed by atoms with Crippen molar-refractivity contribution in [2.24, 2.45) is 34.5 Å². The molecule has 0 heterocycles. The summed E-state index contributed by atoms with van der Waals surface area (Å²) >= 11 is 0. The van der Waals surface area contributed by atoms with E-state index in [9.17, 15) is 15.0 Å². The largest absolute Gasteiger partial charge is 0.393 e. The smallest absolute Gasteiger partial charge is 0.136 e. The summed E-state index contributed by atoms with van der Waals surface area (Å²) in [5.41, 5.74) is 1.68. The quantitative estimate of drug-likeness (QED) is 0.723. The molecule has 0 saturated heterocycles. The van der Waals surface area contributed by atoms with Gasteiger partial charge in [-0.3, -0.25) is 4.79 Å². The summed E-state index contributed by atoms with van der Waals surface area (Å²) in [5, 5.41) is 20.7. The van der Waals surface area contributed by atoms with E-state index in [1.165, 1.54) is 5.57 Å². The van der Waals surface area contributed by atoms with E-state index in [1.54, 1.807) is 6.92 Å². The van der Waals surface area contributed by atoms with Crippen molar-refractivity contribution in [1.82, 2.24) is 0 Å². The Kier molecular flexibility index (Phi) is 3.78. The second-order valence-electron chi connectivity index (χ2n) is 9.59. The van der Waals surface area contributed by atoms with Crippen LogP contribution in [0.4, 0.5) is 0 Å².